The van der Waals surface area contributed by atoms with Gasteiger partial charge in [0, 0.05) is 16.7 Å². The predicted molar refractivity (Wildman–Crippen MR) is 100 cm³/mol. The third-order valence-corrected chi connectivity index (χ3v) is 4.28. The molecule has 1 amide bonds. The lowest BCUT2D eigenvalue weighted by atomic mass is 10.0. The molecule has 2 aromatic carbocycles. The summed E-state index contributed by atoms with van der Waals surface area (Å²) >= 11 is 5.90. The van der Waals surface area contributed by atoms with Crippen molar-refractivity contribution in [3.05, 3.63) is 86.8 Å². The van der Waals surface area contributed by atoms with Gasteiger partial charge in [0.1, 0.15) is 17.3 Å². The van der Waals surface area contributed by atoms with Gasteiger partial charge in [-0.05, 0) is 36.4 Å². The van der Waals surface area contributed by atoms with Crippen LogP contribution in [-0.2, 0) is 4.79 Å². The number of carbonyl (C=O) groups excluding carboxylic acids is 1. The summed E-state index contributed by atoms with van der Waals surface area (Å²) in [6, 6.07) is 8.46. The second-order valence-corrected chi connectivity index (χ2v) is 6.55. The van der Waals surface area contributed by atoms with Crippen molar-refractivity contribution in [3.63, 3.8) is 0 Å². The molecule has 1 heterocycles. The van der Waals surface area contributed by atoms with Crippen LogP contribution < -0.4 is 10.9 Å². The van der Waals surface area contributed by atoms with Crippen LogP contribution in [0.4, 0.5) is 8.78 Å². The van der Waals surface area contributed by atoms with Gasteiger partial charge in [-0.2, -0.15) is 0 Å². The molecule has 0 bridgehead atoms. The first kappa shape index (κ1) is 20.3. The van der Waals surface area contributed by atoms with Crippen molar-refractivity contribution in [1.82, 2.24) is 15.1 Å². The summed E-state index contributed by atoms with van der Waals surface area (Å²) in [5, 5.41) is 14.3. The number of aromatic nitrogens is 2. The van der Waals surface area contributed by atoms with E-state index in [4.69, 9.17) is 16.7 Å². The zero-order valence-electron chi connectivity index (χ0n) is 14.7. The van der Waals surface area contributed by atoms with Crippen molar-refractivity contribution in [2.75, 3.05) is 0 Å². The van der Waals surface area contributed by atoms with E-state index in [0.29, 0.717) is 10.7 Å². The Hall–Kier alpha value is -3.46. The number of hydrogen-bond donors (Lipinski definition) is 3. The van der Waals surface area contributed by atoms with E-state index in [0.717, 1.165) is 28.9 Å². The maximum atomic E-state index is 14.1. The van der Waals surface area contributed by atoms with Crippen molar-refractivity contribution in [1.29, 1.82) is 0 Å². The van der Waals surface area contributed by atoms with Crippen LogP contribution in [0.2, 0.25) is 5.02 Å². The lowest BCUT2D eigenvalue weighted by Crippen LogP contribution is -2.31. The second-order valence-electron chi connectivity index (χ2n) is 6.11. The highest BCUT2D eigenvalue weighted by Crippen LogP contribution is 2.22. The number of hydrogen-bond acceptors (Lipinski definition) is 3. The maximum Gasteiger partial charge on any atom is 0.305 e. The Morgan fingerprint density at radius 2 is 1.93 bits per heavy atom. The largest absolute Gasteiger partial charge is 0.481 e. The maximum absolute atomic E-state index is 14.1. The van der Waals surface area contributed by atoms with Crippen molar-refractivity contribution < 1.29 is 23.5 Å². The first-order valence-electron chi connectivity index (χ1n) is 8.30. The Morgan fingerprint density at radius 3 is 2.62 bits per heavy atom. The van der Waals surface area contributed by atoms with E-state index in [2.05, 4.69) is 10.4 Å². The molecule has 29 heavy (non-hydrogen) atoms. The van der Waals surface area contributed by atoms with E-state index in [-0.39, 0.29) is 11.3 Å². The minimum atomic E-state index is -1.35. The Balaban J connectivity index is 1.91. The van der Waals surface area contributed by atoms with Crippen molar-refractivity contribution in [2.45, 2.75) is 12.5 Å². The van der Waals surface area contributed by atoms with E-state index in [1.807, 2.05) is 0 Å². The van der Waals surface area contributed by atoms with Crippen molar-refractivity contribution >= 4 is 23.5 Å². The van der Waals surface area contributed by atoms with E-state index >= 15 is 0 Å². The number of carboxylic acids is 1. The highest BCUT2D eigenvalue weighted by atomic mass is 35.5. The van der Waals surface area contributed by atoms with E-state index in [1.54, 1.807) is 18.2 Å². The minimum Gasteiger partial charge on any atom is -0.481 e. The van der Waals surface area contributed by atoms with Gasteiger partial charge >= 0.3 is 5.97 Å². The Kier molecular flexibility index (Phi) is 5.79. The van der Waals surface area contributed by atoms with Gasteiger partial charge in [0.2, 0.25) is 0 Å². The predicted octanol–water partition coefficient (Wildman–Crippen LogP) is 3.04. The molecule has 3 rings (SSSR count). The van der Waals surface area contributed by atoms with E-state index < -0.39 is 41.5 Å². The lowest BCUT2D eigenvalue weighted by Gasteiger charge is -2.17. The molecule has 150 valence electrons. The highest BCUT2D eigenvalue weighted by molar-refractivity contribution is 6.30. The molecule has 0 spiro atoms. The fourth-order valence-corrected chi connectivity index (χ4v) is 2.93. The zero-order chi connectivity index (χ0) is 21.1. The van der Waals surface area contributed by atoms with Crippen LogP contribution in [-0.4, -0.2) is 26.8 Å². The van der Waals surface area contributed by atoms with Gasteiger partial charge in [0.15, 0.2) is 0 Å². The van der Waals surface area contributed by atoms with Gasteiger partial charge in [0.05, 0.1) is 18.2 Å². The number of rotatable bonds is 6. The van der Waals surface area contributed by atoms with Gasteiger partial charge < -0.3 is 10.4 Å². The summed E-state index contributed by atoms with van der Waals surface area (Å²) < 4.78 is 28.6. The average Bonchev–Trinajstić information content (AvgIpc) is 3.05. The average molecular weight is 422 g/mol. The molecule has 0 radical (unpaired) electrons. The quantitative estimate of drug-likeness (QED) is 0.569. The number of benzene rings is 2. The molecule has 0 aliphatic carbocycles. The Labute approximate surface area is 167 Å². The van der Waals surface area contributed by atoms with Crippen LogP contribution in [0, 0.1) is 11.6 Å². The highest BCUT2D eigenvalue weighted by Gasteiger charge is 2.23. The van der Waals surface area contributed by atoms with E-state index in [9.17, 15) is 23.2 Å². The zero-order valence-corrected chi connectivity index (χ0v) is 15.4. The molecule has 1 atom stereocenters. The molecule has 3 N–H and O–H groups in total. The molecule has 0 saturated heterocycles. The van der Waals surface area contributed by atoms with Gasteiger partial charge in [-0.25, -0.2) is 13.5 Å². The molecule has 0 fully saturated rings. The molecule has 1 aromatic heterocycles. The van der Waals surface area contributed by atoms with Crippen molar-refractivity contribution in [3.8, 4) is 5.69 Å². The Bertz CT molecular complexity index is 1140. The van der Waals surface area contributed by atoms with Gasteiger partial charge in [0.25, 0.3) is 11.5 Å². The molecule has 0 aliphatic rings. The number of aromatic amines is 1. The number of amides is 1. The number of carbonyl (C=O) groups is 2. The van der Waals surface area contributed by atoms with Crippen LogP contribution >= 0.6 is 11.6 Å². The molecule has 10 heteroatoms. The number of halogens is 3. The fourth-order valence-electron chi connectivity index (χ4n) is 2.75. The molecule has 0 aliphatic heterocycles. The van der Waals surface area contributed by atoms with Crippen LogP contribution in [0.15, 0.2) is 53.3 Å². The molecular weight excluding hydrogens is 408 g/mol. The fraction of sp³-hybridized carbons (Fsp3) is 0.105. The first-order valence-corrected chi connectivity index (χ1v) is 8.68. The normalized spacial score (nSPS) is 11.8. The molecule has 1 unspecified atom stereocenters. The monoisotopic (exact) mass is 421 g/mol. The smallest absolute Gasteiger partial charge is 0.305 e. The molecule has 0 saturated carbocycles. The van der Waals surface area contributed by atoms with Crippen LogP contribution in [0.5, 0.6) is 0 Å². The van der Waals surface area contributed by atoms with Gasteiger partial charge in [-0.1, -0.05) is 17.7 Å². The Morgan fingerprint density at radius 1 is 1.17 bits per heavy atom. The molecule has 3 aromatic rings. The van der Waals surface area contributed by atoms with Crippen molar-refractivity contribution in [2.24, 2.45) is 0 Å². The first-order chi connectivity index (χ1) is 13.7. The van der Waals surface area contributed by atoms with Crippen LogP contribution in [0.3, 0.4) is 0 Å². The van der Waals surface area contributed by atoms with Gasteiger partial charge in [-0.15, -0.1) is 0 Å². The summed E-state index contributed by atoms with van der Waals surface area (Å²) in [7, 11) is 0. The SMILES string of the molecule is O=C(O)CC(NC(=O)c1cc(=O)n(-c2cccc(Cl)c2)[nH]1)c1cc(F)ccc1F. The van der Waals surface area contributed by atoms with Gasteiger partial charge in [-0.3, -0.25) is 19.5 Å². The number of aliphatic carboxylic acids is 1. The summed E-state index contributed by atoms with van der Waals surface area (Å²) in [6.07, 6.45) is -0.689. The summed E-state index contributed by atoms with van der Waals surface area (Å²) in [4.78, 5) is 35.9. The second kappa shape index (κ2) is 8.27. The number of carboxylic acid groups (broad SMARTS) is 1. The number of H-pyrrole nitrogens is 1. The summed E-state index contributed by atoms with van der Waals surface area (Å²) in [5.41, 5.74) is -0.705. The third-order valence-electron chi connectivity index (χ3n) is 4.05. The number of nitrogens with zero attached hydrogens (tertiary/aromatic N) is 1. The standard InChI is InChI=1S/C19H14ClF2N3O4/c20-10-2-1-3-12(6-10)25-17(26)8-16(24-25)19(29)23-15(9-18(27)28)13-7-11(21)4-5-14(13)22/h1-8,15,24H,9H2,(H,23,29)(H,27,28). The molecule has 7 nitrogen and oxygen atoms in total. The minimum absolute atomic E-state index is 0.192. The molecular formula is C19H14ClF2N3O4. The number of nitrogens with one attached hydrogen (secondary N) is 2. The summed E-state index contributed by atoms with van der Waals surface area (Å²) in [6.45, 7) is 0. The topological polar surface area (TPSA) is 104 Å². The lowest BCUT2D eigenvalue weighted by molar-refractivity contribution is -0.137. The van der Waals surface area contributed by atoms with Crippen LogP contribution in [0.25, 0.3) is 5.69 Å². The van der Waals surface area contributed by atoms with Crippen LogP contribution in [0.1, 0.15) is 28.5 Å². The third kappa shape index (κ3) is 4.69. The summed E-state index contributed by atoms with van der Waals surface area (Å²) in [5.74, 6) is -3.85. The van der Waals surface area contributed by atoms with E-state index in [1.165, 1.54) is 6.07 Å².